The van der Waals surface area contributed by atoms with Crippen molar-refractivity contribution in [3.8, 4) is 17.3 Å². The van der Waals surface area contributed by atoms with Gasteiger partial charge in [0, 0.05) is 11.5 Å². The lowest BCUT2D eigenvalue weighted by atomic mass is 10.2. The number of ether oxygens (including phenoxy) is 1. The lowest BCUT2D eigenvalue weighted by Gasteiger charge is -2.01. The molecule has 0 saturated heterocycles. The normalized spacial score (nSPS) is 11.2. The number of methoxy groups -OCH3 is 1. The summed E-state index contributed by atoms with van der Waals surface area (Å²) in [6.45, 7) is 0. The Morgan fingerprint density at radius 1 is 1.25 bits per heavy atom. The Morgan fingerprint density at radius 2 is 2.20 bits per heavy atom. The lowest BCUT2D eigenvalue weighted by molar-refractivity contribution is 0.415. The first-order valence-electron chi connectivity index (χ1n) is 6.08. The maximum Gasteiger partial charge on any atom is 0.160 e. The number of hydrogen-bond acceptors (Lipinski definition) is 5. The fourth-order valence-corrected chi connectivity index (χ4v) is 2.22. The quantitative estimate of drug-likeness (QED) is 0.603. The van der Waals surface area contributed by atoms with Crippen molar-refractivity contribution in [2.75, 3.05) is 7.11 Å². The number of nitrogens with one attached hydrogen (secondary N) is 1. The maximum absolute atomic E-state index is 5.26. The molecule has 3 aromatic heterocycles. The molecular formula is C14H10N4O2. The predicted molar refractivity (Wildman–Crippen MR) is 73.4 cm³/mol. The van der Waals surface area contributed by atoms with Crippen molar-refractivity contribution in [2.24, 2.45) is 0 Å². The van der Waals surface area contributed by atoms with E-state index >= 15 is 0 Å². The van der Waals surface area contributed by atoms with Gasteiger partial charge in [0.1, 0.15) is 23.2 Å². The van der Waals surface area contributed by atoms with Gasteiger partial charge in [0.2, 0.25) is 0 Å². The summed E-state index contributed by atoms with van der Waals surface area (Å²) in [5.41, 5.74) is 3.23. The van der Waals surface area contributed by atoms with Crippen molar-refractivity contribution in [1.82, 2.24) is 20.1 Å². The SMILES string of the molecule is COc1ccc2ncc3[nH]c(-c4ccon4)nc3c2c1. The van der Waals surface area contributed by atoms with E-state index in [1.54, 1.807) is 19.4 Å². The highest BCUT2D eigenvalue weighted by Gasteiger charge is 2.11. The molecular weight excluding hydrogens is 256 g/mol. The van der Waals surface area contributed by atoms with Gasteiger partial charge >= 0.3 is 0 Å². The molecule has 4 rings (SSSR count). The number of aromatic nitrogens is 4. The molecule has 0 aliphatic heterocycles. The van der Waals surface area contributed by atoms with Crippen molar-refractivity contribution >= 4 is 21.9 Å². The van der Waals surface area contributed by atoms with E-state index in [9.17, 15) is 0 Å². The Labute approximate surface area is 113 Å². The number of H-pyrrole nitrogens is 1. The highest BCUT2D eigenvalue weighted by atomic mass is 16.5. The van der Waals surface area contributed by atoms with Crippen LogP contribution in [-0.4, -0.2) is 27.2 Å². The summed E-state index contributed by atoms with van der Waals surface area (Å²) < 4.78 is 10.1. The Balaban J connectivity index is 2.03. The van der Waals surface area contributed by atoms with Crippen LogP contribution in [0.4, 0.5) is 0 Å². The van der Waals surface area contributed by atoms with E-state index in [0.717, 1.165) is 27.7 Å². The molecule has 0 saturated carbocycles. The second-order valence-electron chi connectivity index (χ2n) is 4.37. The van der Waals surface area contributed by atoms with Gasteiger partial charge in [-0.3, -0.25) is 4.98 Å². The van der Waals surface area contributed by atoms with Gasteiger partial charge in [-0.05, 0) is 18.2 Å². The monoisotopic (exact) mass is 266 g/mol. The minimum atomic E-state index is 0.658. The van der Waals surface area contributed by atoms with Crippen molar-refractivity contribution in [3.05, 3.63) is 36.7 Å². The second kappa shape index (κ2) is 4.06. The summed E-state index contributed by atoms with van der Waals surface area (Å²) in [7, 11) is 1.64. The minimum Gasteiger partial charge on any atom is -0.497 e. The summed E-state index contributed by atoms with van der Waals surface area (Å²) in [5.74, 6) is 1.43. The maximum atomic E-state index is 5.26. The summed E-state index contributed by atoms with van der Waals surface area (Å²) in [5, 5.41) is 4.82. The summed E-state index contributed by atoms with van der Waals surface area (Å²) in [6, 6.07) is 7.48. The molecule has 0 amide bonds. The van der Waals surface area contributed by atoms with Crippen molar-refractivity contribution in [3.63, 3.8) is 0 Å². The number of benzene rings is 1. The average molecular weight is 266 g/mol. The number of aromatic amines is 1. The Kier molecular flexibility index (Phi) is 2.23. The van der Waals surface area contributed by atoms with E-state index in [1.165, 1.54) is 6.26 Å². The Hall–Kier alpha value is -2.89. The van der Waals surface area contributed by atoms with Crippen molar-refractivity contribution in [1.29, 1.82) is 0 Å². The van der Waals surface area contributed by atoms with Crippen LogP contribution in [0.1, 0.15) is 0 Å². The van der Waals surface area contributed by atoms with Gasteiger partial charge in [0.25, 0.3) is 0 Å². The molecule has 0 bridgehead atoms. The fraction of sp³-hybridized carbons (Fsp3) is 0.0714. The number of hydrogen-bond donors (Lipinski definition) is 1. The van der Waals surface area contributed by atoms with E-state index in [-0.39, 0.29) is 0 Å². The molecule has 1 aromatic carbocycles. The van der Waals surface area contributed by atoms with Gasteiger partial charge in [0.15, 0.2) is 5.82 Å². The number of imidazole rings is 1. The number of pyridine rings is 1. The lowest BCUT2D eigenvalue weighted by Crippen LogP contribution is -1.85. The molecule has 98 valence electrons. The minimum absolute atomic E-state index is 0.658. The standard InChI is InChI=1S/C14H10N4O2/c1-19-8-2-3-10-9(6-8)13-12(7-15-10)16-14(17-13)11-4-5-20-18-11/h2-7H,1H3,(H,16,17). The highest BCUT2D eigenvalue weighted by Crippen LogP contribution is 2.27. The van der Waals surface area contributed by atoms with Crippen LogP contribution in [-0.2, 0) is 0 Å². The van der Waals surface area contributed by atoms with Gasteiger partial charge in [-0.2, -0.15) is 0 Å². The van der Waals surface area contributed by atoms with Crippen LogP contribution in [0.2, 0.25) is 0 Å². The summed E-state index contributed by atoms with van der Waals surface area (Å²) in [6.07, 6.45) is 3.28. The predicted octanol–water partition coefficient (Wildman–Crippen LogP) is 2.77. The van der Waals surface area contributed by atoms with Crippen LogP contribution in [0.15, 0.2) is 41.2 Å². The molecule has 0 atom stereocenters. The van der Waals surface area contributed by atoms with E-state index in [0.29, 0.717) is 11.5 Å². The zero-order chi connectivity index (χ0) is 13.5. The van der Waals surface area contributed by atoms with Crippen LogP contribution in [0, 0.1) is 0 Å². The Morgan fingerprint density at radius 3 is 3.00 bits per heavy atom. The van der Waals surface area contributed by atoms with Crippen molar-refractivity contribution < 1.29 is 9.26 Å². The molecule has 0 aliphatic carbocycles. The molecule has 20 heavy (non-hydrogen) atoms. The van der Waals surface area contributed by atoms with Gasteiger partial charge in [-0.25, -0.2) is 4.98 Å². The van der Waals surface area contributed by atoms with Crippen LogP contribution in [0.3, 0.4) is 0 Å². The molecule has 6 heteroatoms. The van der Waals surface area contributed by atoms with Gasteiger partial charge in [0.05, 0.1) is 24.3 Å². The zero-order valence-electron chi connectivity index (χ0n) is 10.6. The second-order valence-corrected chi connectivity index (χ2v) is 4.37. The first kappa shape index (κ1) is 11.0. The van der Waals surface area contributed by atoms with Crippen molar-refractivity contribution in [2.45, 2.75) is 0 Å². The average Bonchev–Trinajstić information content (AvgIpc) is 3.15. The molecule has 0 spiro atoms. The van der Waals surface area contributed by atoms with Crippen LogP contribution < -0.4 is 4.74 Å². The van der Waals surface area contributed by atoms with Crippen LogP contribution in [0.5, 0.6) is 5.75 Å². The number of nitrogens with zero attached hydrogens (tertiary/aromatic N) is 3. The number of rotatable bonds is 2. The first-order valence-corrected chi connectivity index (χ1v) is 6.08. The molecule has 0 fully saturated rings. The fourth-order valence-electron chi connectivity index (χ4n) is 2.22. The van der Waals surface area contributed by atoms with E-state index in [4.69, 9.17) is 9.26 Å². The largest absolute Gasteiger partial charge is 0.497 e. The highest BCUT2D eigenvalue weighted by molar-refractivity contribution is 6.03. The third-order valence-corrected chi connectivity index (χ3v) is 3.20. The first-order chi connectivity index (χ1) is 9.85. The molecule has 4 aromatic rings. The molecule has 0 unspecified atom stereocenters. The number of fused-ring (bicyclic) bond motifs is 3. The van der Waals surface area contributed by atoms with Crippen LogP contribution in [0.25, 0.3) is 33.5 Å². The van der Waals surface area contributed by atoms with Gasteiger partial charge < -0.3 is 14.2 Å². The third kappa shape index (κ3) is 1.55. The molecule has 6 nitrogen and oxygen atoms in total. The van der Waals surface area contributed by atoms with E-state index in [1.807, 2.05) is 18.2 Å². The van der Waals surface area contributed by atoms with Gasteiger partial charge in [-0.1, -0.05) is 5.16 Å². The summed E-state index contributed by atoms with van der Waals surface area (Å²) in [4.78, 5) is 12.2. The van der Waals surface area contributed by atoms with Gasteiger partial charge in [-0.15, -0.1) is 0 Å². The Bertz CT molecular complexity index is 896. The third-order valence-electron chi connectivity index (χ3n) is 3.20. The summed E-state index contributed by atoms with van der Waals surface area (Å²) >= 11 is 0. The topological polar surface area (TPSA) is 76.8 Å². The van der Waals surface area contributed by atoms with E-state index in [2.05, 4.69) is 20.1 Å². The smallest absolute Gasteiger partial charge is 0.160 e. The zero-order valence-corrected chi connectivity index (χ0v) is 10.6. The van der Waals surface area contributed by atoms with Crippen LogP contribution >= 0.6 is 0 Å². The molecule has 0 radical (unpaired) electrons. The molecule has 1 N–H and O–H groups in total. The molecule has 0 aliphatic rings. The molecule has 3 heterocycles. The van der Waals surface area contributed by atoms with E-state index < -0.39 is 0 Å².